The Hall–Kier alpha value is 0.0300. The minimum atomic E-state index is 0.530. The van der Waals surface area contributed by atoms with E-state index in [0.29, 0.717) is 5.92 Å². The SMILES string of the molecule is CC(C)/C=[C]\Cl. The van der Waals surface area contributed by atoms with Crippen LogP contribution in [0, 0.1) is 11.5 Å². The van der Waals surface area contributed by atoms with Gasteiger partial charge in [0.05, 0.1) is 5.54 Å². The van der Waals surface area contributed by atoms with Gasteiger partial charge in [-0.2, -0.15) is 0 Å². The first-order valence-electron chi connectivity index (χ1n) is 1.97. The second-order valence-corrected chi connectivity index (χ2v) is 1.74. The Morgan fingerprint density at radius 2 is 2.17 bits per heavy atom. The van der Waals surface area contributed by atoms with Crippen LogP contribution in [-0.2, 0) is 0 Å². The molecule has 0 atom stereocenters. The van der Waals surface area contributed by atoms with Crippen molar-refractivity contribution in [1.29, 1.82) is 0 Å². The summed E-state index contributed by atoms with van der Waals surface area (Å²) in [6.45, 7) is 4.10. The van der Waals surface area contributed by atoms with Crippen molar-refractivity contribution >= 4 is 11.6 Å². The second-order valence-electron chi connectivity index (χ2n) is 1.52. The van der Waals surface area contributed by atoms with Gasteiger partial charge in [-0.15, -0.1) is 0 Å². The fraction of sp³-hybridized carbons (Fsp3) is 0.600. The van der Waals surface area contributed by atoms with Gasteiger partial charge in [0.15, 0.2) is 0 Å². The molecule has 0 aromatic heterocycles. The molecule has 0 amide bonds. The first kappa shape index (κ1) is 6.03. The summed E-state index contributed by atoms with van der Waals surface area (Å²) >= 11 is 5.09. The predicted molar refractivity (Wildman–Crippen MR) is 28.5 cm³/mol. The normalized spacial score (nSPS) is 11.3. The van der Waals surface area contributed by atoms with Crippen molar-refractivity contribution in [2.75, 3.05) is 0 Å². The standard InChI is InChI=1S/C5H8Cl/c1-5(2)3-4-6/h3,5H,1-2H3. The van der Waals surface area contributed by atoms with Crippen molar-refractivity contribution in [3.8, 4) is 0 Å². The molecule has 0 spiro atoms. The number of allylic oxidation sites excluding steroid dienone is 1. The fourth-order valence-electron chi connectivity index (χ4n) is 0.126. The molecule has 0 aliphatic rings. The van der Waals surface area contributed by atoms with Crippen LogP contribution in [-0.4, -0.2) is 0 Å². The van der Waals surface area contributed by atoms with Crippen LogP contribution in [0.2, 0.25) is 0 Å². The Bertz CT molecular complexity index is 45.9. The van der Waals surface area contributed by atoms with E-state index in [1.54, 1.807) is 0 Å². The molecule has 0 saturated carbocycles. The Balaban J connectivity index is 3.03. The summed E-state index contributed by atoms with van der Waals surface area (Å²) in [7, 11) is 0. The van der Waals surface area contributed by atoms with Gasteiger partial charge in [-0.1, -0.05) is 31.5 Å². The zero-order valence-corrected chi connectivity index (χ0v) is 4.79. The molecule has 1 radical (unpaired) electrons. The third-order valence-electron chi connectivity index (χ3n) is 0.396. The molecule has 0 unspecified atom stereocenters. The monoisotopic (exact) mass is 103 g/mol. The lowest BCUT2D eigenvalue weighted by molar-refractivity contribution is 0.831. The maximum atomic E-state index is 5.09. The highest BCUT2D eigenvalue weighted by Crippen LogP contribution is 1.92. The van der Waals surface area contributed by atoms with Gasteiger partial charge >= 0.3 is 0 Å². The van der Waals surface area contributed by atoms with Crippen LogP contribution >= 0.6 is 11.6 Å². The van der Waals surface area contributed by atoms with E-state index < -0.39 is 0 Å². The average molecular weight is 104 g/mol. The van der Waals surface area contributed by atoms with E-state index in [4.69, 9.17) is 11.6 Å². The molecule has 0 aliphatic heterocycles. The molecule has 0 N–H and O–H groups in total. The predicted octanol–water partition coefficient (Wildman–Crippen LogP) is 2.20. The molecule has 0 fully saturated rings. The fourth-order valence-corrected chi connectivity index (χ4v) is 0.378. The molecule has 0 bridgehead atoms. The molecule has 0 aromatic carbocycles. The zero-order valence-electron chi connectivity index (χ0n) is 4.03. The van der Waals surface area contributed by atoms with Crippen molar-refractivity contribution in [3.05, 3.63) is 11.6 Å². The van der Waals surface area contributed by atoms with Gasteiger partial charge in [0.25, 0.3) is 0 Å². The molecule has 0 heterocycles. The lowest BCUT2D eigenvalue weighted by Gasteiger charge is -1.85. The van der Waals surface area contributed by atoms with E-state index in [2.05, 4.69) is 19.4 Å². The summed E-state index contributed by atoms with van der Waals surface area (Å²) in [6, 6.07) is 0. The van der Waals surface area contributed by atoms with Crippen molar-refractivity contribution in [1.82, 2.24) is 0 Å². The van der Waals surface area contributed by atoms with E-state index in [9.17, 15) is 0 Å². The van der Waals surface area contributed by atoms with Gasteiger partial charge in [-0.05, 0) is 5.92 Å². The van der Waals surface area contributed by atoms with Crippen LogP contribution in [0.5, 0.6) is 0 Å². The van der Waals surface area contributed by atoms with E-state index in [1.807, 2.05) is 6.08 Å². The van der Waals surface area contributed by atoms with Crippen LogP contribution < -0.4 is 0 Å². The van der Waals surface area contributed by atoms with Crippen molar-refractivity contribution in [3.63, 3.8) is 0 Å². The van der Waals surface area contributed by atoms with Gasteiger partial charge in [-0.25, -0.2) is 0 Å². The van der Waals surface area contributed by atoms with Gasteiger partial charge in [0.2, 0.25) is 0 Å². The molecule has 35 valence electrons. The lowest BCUT2D eigenvalue weighted by Crippen LogP contribution is -1.73. The molecule has 0 nitrogen and oxygen atoms in total. The third-order valence-corrected chi connectivity index (χ3v) is 0.522. The Morgan fingerprint density at radius 3 is 2.17 bits per heavy atom. The number of halogens is 1. The Labute approximate surface area is 43.8 Å². The van der Waals surface area contributed by atoms with Crippen LogP contribution in [0.1, 0.15) is 13.8 Å². The number of hydrogen-bond acceptors (Lipinski definition) is 0. The highest BCUT2D eigenvalue weighted by Gasteiger charge is 1.78. The van der Waals surface area contributed by atoms with E-state index >= 15 is 0 Å². The highest BCUT2D eigenvalue weighted by molar-refractivity contribution is 6.22. The van der Waals surface area contributed by atoms with Crippen LogP contribution in [0.4, 0.5) is 0 Å². The summed E-state index contributed by atoms with van der Waals surface area (Å²) in [6.07, 6.45) is 1.81. The summed E-state index contributed by atoms with van der Waals surface area (Å²) in [4.78, 5) is 0. The van der Waals surface area contributed by atoms with E-state index in [1.165, 1.54) is 0 Å². The summed E-state index contributed by atoms with van der Waals surface area (Å²) in [5.41, 5.74) is 2.41. The van der Waals surface area contributed by atoms with Crippen molar-refractivity contribution in [2.24, 2.45) is 5.92 Å². The minimum Gasteiger partial charge on any atom is -0.0831 e. The Morgan fingerprint density at radius 1 is 1.67 bits per heavy atom. The smallest absolute Gasteiger partial charge is 0.0551 e. The number of rotatable bonds is 1. The van der Waals surface area contributed by atoms with Gasteiger partial charge in [0.1, 0.15) is 0 Å². The first-order valence-corrected chi connectivity index (χ1v) is 2.34. The summed E-state index contributed by atoms with van der Waals surface area (Å²) in [5, 5.41) is 0. The first-order chi connectivity index (χ1) is 2.77. The van der Waals surface area contributed by atoms with Crippen molar-refractivity contribution < 1.29 is 0 Å². The molecular formula is C5H8Cl. The maximum absolute atomic E-state index is 5.09. The molecule has 0 rings (SSSR count). The Kier molecular flexibility index (Phi) is 3.24. The highest BCUT2D eigenvalue weighted by atomic mass is 35.5. The molecule has 0 aliphatic carbocycles. The van der Waals surface area contributed by atoms with Gasteiger partial charge < -0.3 is 0 Å². The molecule has 6 heavy (non-hydrogen) atoms. The molecule has 0 saturated heterocycles. The summed E-state index contributed by atoms with van der Waals surface area (Å²) in [5.74, 6) is 0.530. The largest absolute Gasteiger partial charge is 0.0831 e. The summed E-state index contributed by atoms with van der Waals surface area (Å²) < 4.78 is 0. The number of hydrogen-bond donors (Lipinski definition) is 0. The molecule has 1 heteroatoms. The van der Waals surface area contributed by atoms with E-state index in [0.717, 1.165) is 0 Å². The zero-order chi connectivity index (χ0) is 4.99. The van der Waals surface area contributed by atoms with Gasteiger partial charge in [-0.3, -0.25) is 0 Å². The molecule has 0 aromatic rings. The van der Waals surface area contributed by atoms with Crippen LogP contribution in [0.3, 0.4) is 0 Å². The van der Waals surface area contributed by atoms with Gasteiger partial charge in [0, 0.05) is 0 Å². The minimum absolute atomic E-state index is 0.530. The third kappa shape index (κ3) is 4.03. The quantitative estimate of drug-likeness (QED) is 0.477. The topological polar surface area (TPSA) is 0 Å². The van der Waals surface area contributed by atoms with Crippen molar-refractivity contribution in [2.45, 2.75) is 13.8 Å². The van der Waals surface area contributed by atoms with Crippen LogP contribution in [0.15, 0.2) is 6.08 Å². The van der Waals surface area contributed by atoms with E-state index in [-0.39, 0.29) is 0 Å². The second kappa shape index (κ2) is 3.23. The van der Waals surface area contributed by atoms with Crippen LogP contribution in [0.25, 0.3) is 0 Å². The maximum Gasteiger partial charge on any atom is 0.0551 e. The molecular weight excluding hydrogens is 95.5 g/mol. The lowest BCUT2D eigenvalue weighted by atomic mass is 10.2. The average Bonchev–Trinajstić information content (AvgIpc) is 1.35.